The van der Waals surface area contributed by atoms with Crippen molar-refractivity contribution >= 4 is 18.1 Å². The Balaban J connectivity index is 1.26. The van der Waals surface area contributed by atoms with Crippen LogP contribution in [0.25, 0.3) is 5.69 Å². The number of hydrazine groups is 1. The van der Waals surface area contributed by atoms with E-state index in [0.717, 1.165) is 19.4 Å². The molecule has 3 aliphatic rings. The summed E-state index contributed by atoms with van der Waals surface area (Å²) in [5.74, 6) is 1.04. The van der Waals surface area contributed by atoms with Crippen molar-refractivity contribution in [2.75, 3.05) is 53.6 Å². The van der Waals surface area contributed by atoms with Gasteiger partial charge in [0, 0.05) is 31.2 Å². The van der Waals surface area contributed by atoms with Crippen LogP contribution in [0.4, 0.5) is 0 Å². The van der Waals surface area contributed by atoms with E-state index in [1.54, 1.807) is 31.4 Å². The lowest BCUT2D eigenvalue weighted by atomic mass is 10.1. The normalized spacial score (nSPS) is 24.0. The quantitative estimate of drug-likeness (QED) is 0.495. The topological polar surface area (TPSA) is 123 Å². The van der Waals surface area contributed by atoms with E-state index >= 15 is 0 Å². The zero-order valence-corrected chi connectivity index (χ0v) is 19.9. The van der Waals surface area contributed by atoms with Crippen LogP contribution in [0.1, 0.15) is 26.5 Å². The van der Waals surface area contributed by atoms with Gasteiger partial charge in [-0.05, 0) is 49.6 Å². The molecule has 2 unspecified atom stereocenters. The molecule has 35 heavy (non-hydrogen) atoms. The Morgan fingerprint density at radius 2 is 2.00 bits per heavy atom. The molecule has 0 radical (unpaired) electrons. The van der Waals surface area contributed by atoms with Crippen molar-refractivity contribution in [3.63, 3.8) is 0 Å². The van der Waals surface area contributed by atoms with E-state index in [0.29, 0.717) is 66.7 Å². The van der Waals surface area contributed by atoms with Crippen LogP contribution >= 0.6 is 0 Å². The highest BCUT2D eigenvalue weighted by molar-refractivity contribution is 5.95. The lowest BCUT2D eigenvalue weighted by Crippen LogP contribution is -2.53. The number of ether oxygens (including phenoxy) is 2. The predicted molar refractivity (Wildman–Crippen MR) is 125 cm³/mol. The molecule has 5 rings (SSSR count). The number of hydrogen-bond acceptors (Lipinski definition) is 8. The number of hydrogen-bond donors (Lipinski definition) is 1. The molecule has 2 amide bonds. The van der Waals surface area contributed by atoms with Gasteiger partial charge in [0.05, 0.1) is 25.9 Å². The standard InChI is InChI=1S/C24H30N6O5/c1-27(23-18-11-28(12-19(18)23)29-9-10-35-14-21(29)32)8-7-17-20(13-31)30(26-22(17)24(25)33)15-3-5-16(34-2)6-4-15/h3-6,13,18-19,23H,7-12,14H2,1-2H3,(H2,25,33). The molecule has 2 aliphatic heterocycles. The van der Waals surface area contributed by atoms with E-state index in [4.69, 9.17) is 15.2 Å². The number of nitrogens with two attached hydrogens (primary N) is 1. The largest absolute Gasteiger partial charge is 0.497 e. The molecular weight excluding hydrogens is 452 g/mol. The maximum atomic E-state index is 12.1. The molecule has 2 saturated heterocycles. The van der Waals surface area contributed by atoms with E-state index in [1.807, 2.05) is 5.01 Å². The first-order valence-electron chi connectivity index (χ1n) is 11.8. The fraction of sp³-hybridized carbons (Fsp3) is 0.500. The fourth-order valence-corrected chi connectivity index (χ4v) is 5.52. The van der Waals surface area contributed by atoms with Crippen molar-refractivity contribution in [1.29, 1.82) is 0 Å². The van der Waals surface area contributed by atoms with Crippen molar-refractivity contribution in [2.45, 2.75) is 12.5 Å². The number of carbonyl (C=O) groups is 3. The van der Waals surface area contributed by atoms with Gasteiger partial charge >= 0.3 is 0 Å². The Hall–Kier alpha value is -3.28. The molecule has 1 aromatic carbocycles. The second-order valence-corrected chi connectivity index (χ2v) is 9.29. The summed E-state index contributed by atoms with van der Waals surface area (Å²) in [5.41, 5.74) is 7.25. The van der Waals surface area contributed by atoms with Crippen molar-refractivity contribution in [3.8, 4) is 11.4 Å². The van der Waals surface area contributed by atoms with Gasteiger partial charge in [0.2, 0.25) is 0 Å². The molecule has 1 aliphatic carbocycles. The number of aldehydes is 1. The van der Waals surface area contributed by atoms with Crippen LogP contribution in [0.15, 0.2) is 24.3 Å². The molecule has 3 fully saturated rings. The van der Waals surface area contributed by atoms with E-state index in [-0.39, 0.29) is 18.2 Å². The molecular formula is C24H30N6O5. The summed E-state index contributed by atoms with van der Waals surface area (Å²) in [5, 5.41) is 8.35. The van der Waals surface area contributed by atoms with Crippen LogP contribution < -0.4 is 10.5 Å². The summed E-state index contributed by atoms with van der Waals surface area (Å²) in [4.78, 5) is 38.6. The van der Waals surface area contributed by atoms with Crippen LogP contribution in [0, 0.1) is 11.8 Å². The van der Waals surface area contributed by atoms with Crippen LogP contribution in [0.3, 0.4) is 0 Å². The Bertz CT molecular complexity index is 1120. The van der Waals surface area contributed by atoms with Gasteiger partial charge in [-0.3, -0.25) is 19.4 Å². The van der Waals surface area contributed by atoms with Gasteiger partial charge in [0.25, 0.3) is 11.8 Å². The monoisotopic (exact) mass is 482 g/mol. The molecule has 11 heteroatoms. The van der Waals surface area contributed by atoms with E-state index in [9.17, 15) is 14.4 Å². The number of likely N-dealkylation sites (N-methyl/N-ethyl adjacent to an activating group) is 1. The van der Waals surface area contributed by atoms with Crippen molar-refractivity contribution in [3.05, 3.63) is 41.2 Å². The minimum Gasteiger partial charge on any atom is -0.497 e. The maximum absolute atomic E-state index is 12.1. The van der Waals surface area contributed by atoms with Gasteiger partial charge < -0.3 is 20.1 Å². The highest BCUT2D eigenvalue weighted by Crippen LogP contribution is 2.49. The lowest BCUT2D eigenvalue weighted by Gasteiger charge is -2.36. The predicted octanol–water partition coefficient (Wildman–Crippen LogP) is -0.0294. The van der Waals surface area contributed by atoms with E-state index < -0.39 is 5.91 Å². The summed E-state index contributed by atoms with van der Waals surface area (Å²) in [7, 11) is 3.64. The van der Waals surface area contributed by atoms with E-state index in [2.05, 4.69) is 22.1 Å². The highest BCUT2D eigenvalue weighted by Gasteiger charge is 2.58. The molecule has 0 spiro atoms. The van der Waals surface area contributed by atoms with Crippen molar-refractivity contribution < 1.29 is 23.9 Å². The first kappa shape index (κ1) is 23.5. The van der Waals surface area contributed by atoms with Gasteiger partial charge in [0.15, 0.2) is 12.0 Å². The zero-order chi connectivity index (χ0) is 24.7. The molecule has 2 aromatic rings. The molecule has 186 valence electrons. The van der Waals surface area contributed by atoms with Gasteiger partial charge in [0.1, 0.15) is 18.1 Å². The number of morpholine rings is 1. The van der Waals surface area contributed by atoms with Crippen LogP contribution in [-0.4, -0.2) is 102 Å². The number of piperidine rings is 1. The third-order valence-corrected chi connectivity index (χ3v) is 7.34. The third-order valence-electron chi connectivity index (χ3n) is 7.34. The molecule has 3 heterocycles. The number of carbonyl (C=O) groups excluding carboxylic acids is 3. The van der Waals surface area contributed by atoms with Gasteiger partial charge in [-0.25, -0.2) is 9.69 Å². The van der Waals surface area contributed by atoms with Crippen LogP contribution in [0.2, 0.25) is 0 Å². The average molecular weight is 483 g/mol. The second kappa shape index (κ2) is 9.40. The van der Waals surface area contributed by atoms with Gasteiger partial charge in [-0.2, -0.15) is 5.10 Å². The Morgan fingerprint density at radius 3 is 2.60 bits per heavy atom. The first-order chi connectivity index (χ1) is 16.9. The minimum absolute atomic E-state index is 0.0247. The molecule has 1 aromatic heterocycles. The number of methoxy groups -OCH3 is 1. The van der Waals surface area contributed by atoms with Crippen LogP contribution in [-0.2, 0) is 16.0 Å². The van der Waals surface area contributed by atoms with E-state index in [1.165, 1.54) is 4.68 Å². The first-order valence-corrected chi connectivity index (χ1v) is 11.8. The summed E-state index contributed by atoms with van der Waals surface area (Å²) in [6.07, 6.45) is 1.20. The SMILES string of the molecule is COc1ccc(-n2nc(C(N)=O)c(CCN(C)C3C4CN(N5CCOCC5=O)CC43)c2C=O)cc1. The number of aromatic nitrogens is 2. The zero-order valence-electron chi connectivity index (χ0n) is 19.9. The van der Waals surface area contributed by atoms with Gasteiger partial charge in [-0.15, -0.1) is 0 Å². The minimum atomic E-state index is -0.660. The number of benzene rings is 1. The molecule has 11 nitrogen and oxygen atoms in total. The summed E-state index contributed by atoms with van der Waals surface area (Å²) >= 11 is 0. The molecule has 2 atom stereocenters. The van der Waals surface area contributed by atoms with Crippen LogP contribution in [0.5, 0.6) is 5.75 Å². The van der Waals surface area contributed by atoms with Gasteiger partial charge in [-0.1, -0.05) is 0 Å². The Kier molecular flexibility index (Phi) is 6.30. The number of fused-ring (bicyclic) bond motifs is 1. The summed E-state index contributed by atoms with van der Waals surface area (Å²) in [6.45, 7) is 3.71. The molecule has 2 N–H and O–H groups in total. The number of amides is 2. The van der Waals surface area contributed by atoms with Crippen molar-refractivity contribution in [1.82, 2.24) is 24.7 Å². The maximum Gasteiger partial charge on any atom is 0.269 e. The number of nitrogens with zero attached hydrogens (tertiary/aromatic N) is 5. The number of primary amides is 1. The summed E-state index contributed by atoms with van der Waals surface area (Å²) < 4.78 is 11.9. The Morgan fingerprint density at radius 1 is 1.29 bits per heavy atom. The Labute approximate surface area is 203 Å². The fourth-order valence-electron chi connectivity index (χ4n) is 5.52. The number of rotatable bonds is 9. The average Bonchev–Trinajstić information content (AvgIpc) is 3.18. The smallest absolute Gasteiger partial charge is 0.269 e. The lowest BCUT2D eigenvalue weighted by molar-refractivity contribution is -0.164. The highest BCUT2D eigenvalue weighted by atomic mass is 16.5. The third kappa shape index (κ3) is 4.30. The molecule has 0 bridgehead atoms. The second-order valence-electron chi connectivity index (χ2n) is 9.29. The molecule has 1 saturated carbocycles. The summed E-state index contributed by atoms with van der Waals surface area (Å²) in [6, 6.07) is 7.49. The van der Waals surface area contributed by atoms with Crippen molar-refractivity contribution in [2.24, 2.45) is 17.6 Å².